The van der Waals surface area contributed by atoms with Gasteiger partial charge in [0.25, 0.3) is 0 Å². The summed E-state index contributed by atoms with van der Waals surface area (Å²) in [4.78, 5) is 14.3. The summed E-state index contributed by atoms with van der Waals surface area (Å²) in [5.41, 5.74) is 1.82. The second kappa shape index (κ2) is 8.01. The highest BCUT2D eigenvalue weighted by Gasteiger charge is 2.26. The Morgan fingerprint density at radius 1 is 1.00 bits per heavy atom. The summed E-state index contributed by atoms with van der Waals surface area (Å²) >= 11 is 0. The molecule has 0 bridgehead atoms. The van der Waals surface area contributed by atoms with Crippen molar-refractivity contribution in [2.45, 2.75) is 30.6 Å². The van der Waals surface area contributed by atoms with Gasteiger partial charge in [0, 0.05) is 32.2 Å². The van der Waals surface area contributed by atoms with Crippen LogP contribution in [0.5, 0.6) is 0 Å². The number of nitrogens with zero attached hydrogens (tertiary/aromatic N) is 2. The molecule has 26 heavy (non-hydrogen) atoms. The van der Waals surface area contributed by atoms with Crippen LogP contribution in [0.15, 0.2) is 59.5 Å². The number of amides is 1. The van der Waals surface area contributed by atoms with Crippen LogP contribution in [0.1, 0.15) is 24.8 Å². The maximum atomic E-state index is 12.5. The quantitative estimate of drug-likeness (QED) is 0.783. The molecule has 2 aromatic rings. The lowest BCUT2D eigenvalue weighted by molar-refractivity contribution is -0.118. The molecule has 0 aliphatic carbocycles. The number of para-hydroxylation sites is 1. The molecule has 0 aromatic heterocycles. The zero-order valence-corrected chi connectivity index (χ0v) is 15.8. The number of anilines is 1. The molecule has 138 valence electrons. The van der Waals surface area contributed by atoms with Gasteiger partial charge in [0.15, 0.2) is 0 Å². The van der Waals surface area contributed by atoms with Crippen molar-refractivity contribution in [3.63, 3.8) is 0 Å². The third-order valence-corrected chi connectivity index (χ3v) is 6.68. The van der Waals surface area contributed by atoms with Crippen LogP contribution in [0.25, 0.3) is 0 Å². The number of carbonyl (C=O) groups is 1. The van der Waals surface area contributed by atoms with E-state index in [-0.39, 0.29) is 5.91 Å². The molecule has 1 saturated heterocycles. The smallest absolute Gasteiger partial charge is 0.243 e. The van der Waals surface area contributed by atoms with Crippen LogP contribution in [0, 0.1) is 0 Å². The fourth-order valence-electron chi connectivity index (χ4n) is 3.12. The average Bonchev–Trinajstić information content (AvgIpc) is 3.22. The van der Waals surface area contributed by atoms with Gasteiger partial charge in [-0.3, -0.25) is 4.79 Å². The number of rotatable bonds is 6. The van der Waals surface area contributed by atoms with Crippen molar-refractivity contribution in [2.24, 2.45) is 0 Å². The Bertz CT molecular complexity index is 842. The molecule has 0 unspecified atom stereocenters. The Morgan fingerprint density at radius 2 is 1.62 bits per heavy atom. The zero-order chi connectivity index (χ0) is 18.6. The molecule has 0 N–H and O–H groups in total. The molecule has 1 aliphatic heterocycles. The average molecular weight is 372 g/mol. The van der Waals surface area contributed by atoms with Gasteiger partial charge in [0.2, 0.25) is 15.9 Å². The predicted octanol–water partition coefficient (Wildman–Crippen LogP) is 3.07. The van der Waals surface area contributed by atoms with E-state index < -0.39 is 10.0 Å². The highest BCUT2D eigenvalue weighted by molar-refractivity contribution is 7.89. The lowest BCUT2D eigenvalue weighted by atomic mass is 10.1. The van der Waals surface area contributed by atoms with Crippen LogP contribution < -0.4 is 4.90 Å². The topological polar surface area (TPSA) is 57.7 Å². The van der Waals surface area contributed by atoms with Crippen molar-refractivity contribution < 1.29 is 13.2 Å². The number of hydrogen-bond donors (Lipinski definition) is 0. The van der Waals surface area contributed by atoms with Crippen molar-refractivity contribution in [2.75, 3.05) is 25.0 Å². The first kappa shape index (κ1) is 18.6. The normalized spacial score (nSPS) is 15.1. The Labute approximate surface area is 155 Å². The van der Waals surface area contributed by atoms with Crippen LogP contribution >= 0.6 is 0 Å². The van der Waals surface area contributed by atoms with E-state index in [9.17, 15) is 13.2 Å². The minimum Gasteiger partial charge on any atom is -0.315 e. The molecule has 1 aliphatic rings. The molecule has 6 heteroatoms. The highest BCUT2D eigenvalue weighted by atomic mass is 32.2. The largest absolute Gasteiger partial charge is 0.315 e. The molecular formula is C20H24N2O3S. The maximum absolute atomic E-state index is 12.5. The Morgan fingerprint density at radius 3 is 2.23 bits per heavy atom. The number of hydrogen-bond acceptors (Lipinski definition) is 3. The summed E-state index contributed by atoms with van der Waals surface area (Å²) in [7, 11) is -1.61. The van der Waals surface area contributed by atoms with E-state index in [0.29, 0.717) is 30.8 Å². The minimum atomic E-state index is -3.38. The van der Waals surface area contributed by atoms with Gasteiger partial charge in [-0.15, -0.1) is 0 Å². The third-order valence-electron chi connectivity index (χ3n) is 4.77. The monoisotopic (exact) mass is 372 g/mol. The Kier molecular flexibility index (Phi) is 5.74. The molecular weight excluding hydrogens is 348 g/mol. The molecule has 5 nitrogen and oxygen atoms in total. The van der Waals surface area contributed by atoms with Gasteiger partial charge >= 0.3 is 0 Å². The van der Waals surface area contributed by atoms with Gasteiger partial charge < -0.3 is 4.90 Å². The second-order valence-corrected chi connectivity index (χ2v) is 8.48. The van der Waals surface area contributed by atoms with Gasteiger partial charge in [-0.1, -0.05) is 30.3 Å². The van der Waals surface area contributed by atoms with Crippen molar-refractivity contribution in [1.29, 1.82) is 0 Å². The second-order valence-electron chi connectivity index (χ2n) is 6.54. The number of carbonyl (C=O) groups excluding carboxylic acids is 1. The van der Waals surface area contributed by atoms with Crippen molar-refractivity contribution >= 4 is 21.6 Å². The molecule has 0 atom stereocenters. The maximum Gasteiger partial charge on any atom is 0.243 e. The molecule has 0 saturated carbocycles. The molecule has 0 spiro atoms. The van der Waals surface area contributed by atoms with E-state index in [4.69, 9.17) is 0 Å². The zero-order valence-electron chi connectivity index (χ0n) is 15.0. The number of benzene rings is 2. The number of sulfonamides is 1. The van der Waals surface area contributed by atoms with Crippen LogP contribution in [0.2, 0.25) is 0 Å². The molecule has 3 rings (SSSR count). The summed E-state index contributed by atoms with van der Waals surface area (Å²) in [6.45, 7) is 1.20. The summed E-state index contributed by atoms with van der Waals surface area (Å²) in [5.74, 6) is 0.0324. The lowest BCUT2D eigenvalue weighted by Crippen LogP contribution is -2.27. The fourth-order valence-corrected chi connectivity index (χ4v) is 4.64. The van der Waals surface area contributed by atoms with Crippen LogP contribution in [-0.4, -0.2) is 38.8 Å². The predicted molar refractivity (Wildman–Crippen MR) is 103 cm³/mol. The molecule has 1 heterocycles. The summed E-state index contributed by atoms with van der Waals surface area (Å²) in [5, 5.41) is 0. The molecule has 1 fully saturated rings. The Hall–Kier alpha value is -2.18. The van der Waals surface area contributed by atoms with E-state index in [2.05, 4.69) is 0 Å². The van der Waals surface area contributed by atoms with Crippen LogP contribution in [0.4, 0.5) is 5.69 Å². The van der Waals surface area contributed by atoms with Gasteiger partial charge in [0.1, 0.15) is 0 Å². The summed E-state index contributed by atoms with van der Waals surface area (Å²) in [6, 6.07) is 16.4. The first-order valence-electron chi connectivity index (χ1n) is 8.89. The summed E-state index contributed by atoms with van der Waals surface area (Å²) < 4.78 is 26.6. The van der Waals surface area contributed by atoms with Gasteiger partial charge in [0.05, 0.1) is 4.90 Å². The van der Waals surface area contributed by atoms with Crippen molar-refractivity contribution in [3.05, 3.63) is 60.2 Å². The van der Waals surface area contributed by atoms with Crippen molar-refractivity contribution in [3.8, 4) is 0 Å². The van der Waals surface area contributed by atoms with Gasteiger partial charge in [-0.05, 0) is 49.1 Å². The molecule has 2 aromatic carbocycles. The minimum absolute atomic E-state index is 0.0324. The SMILES string of the molecule is CN(C(=O)CCc1ccc(S(=O)(=O)N2CCCC2)cc1)c1ccccc1. The third kappa shape index (κ3) is 4.14. The van der Waals surface area contributed by atoms with Crippen LogP contribution in [-0.2, 0) is 21.2 Å². The van der Waals surface area contributed by atoms with E-state index in [1.165, 1.54) is 0 Å². The Balaban J connectivity index is 1.60. The first-order chi connectivity index (χ1) is 12.5. The molecule has 0 radical (unpaired) electrons. The fraction of sp³-hybridized carbons (Fsp3) is 0.350. The first-order valence-corrected chi connectivity index (χ1v) is 10.3. The standard InChI is InChI=1S/C20H24N2O3S/c1-21(18-7-3-2-4-8-18)20(23)14-11-17-9-12-19(13-10-17)26(24,25)22-15-5-6-16-22/h2-4,7-10,12-13H,5-6,11,14-16H2,1H3. The molecule has 1 amide bonds. The van der Waals surface area contributed by atoms with Crippen molar-refractivity contribution in [1.82, 2.24) is 4.31 Å². The van der Waals surface area contributed by atoms with E-state index in [0.717, 1.165) is 24.1 Å². The lowest BCUT2D eigenvalue weighted by Gasteiger charge is -2.17. The van der Waals surface area contributed by atoms with E-state index in [1.807, 2.05) is 30.3 Å². The highest BCUT2D eigenvalue weighted by Crippen LogP contribution is 2.21. The van der Waals surface area contributed by atoms with Gasteiger partial charge in [-0.2, -0.15) is 4.31 Å². The summed E-state index contributed by atoms with van der Waals surface area (Å²) in [6.07, 6.45) is 2.81. The number of aryl methyl sites for hydroxylation is 1. The van der Waals surface area contributed by atoms with Gasteiger partial charge in [-0.25, -0.2) is 8.42 Å². The van der Waals surface area contributed by atoms with Crippen LogP contribution in [0.3, 0.4) is 0 Å². The van der Waals surface area contributed by atoms with E-state index >= 15 is 0 Å². The van der Waals surface area contributed by atoms with E-state index in [1.54, 1.807) is 40.5 Å².